The molecule has 1 unspecified atom stereocenters. The summed E-state index contributed by atoms with van der Waals surface area (Å²) in [7, 11) is 0. The highest BCUT2D eigenvalue weighted by Crippen LogP contribution is 2.21. The summed E-state index contributed by atoms with van der Waals surface area (Å²) in [6.45, 7) is 0.985. The Morgan fingerprint density at radius 1 is 1.35 bits per heavy atom. The Hall–Kier alpha value is -2.90. The number of nitrogens with zero attached hydrogens (tertiary/aromatic N) is 3. The van der Waals surface area contributed by atoms with Crippen LogP contribution in [-0.2, 0) is 0 Å². The SMILES string of the molecule is O=C(c1ccc([N+](=O)[O-])o1)N1CCCC(Oc2ccncc2)C1. The number of likely N-dealkylation sites (tertiary alicyclic amines) is 1. The number of rotatable bonds is 4. The summed E-state index contributed by atoms with van der Waals surface area (Å²) in [4.78, 5) is 27.9. The average molecular weight is 317 g/mol. The zero-order valence-electron chi connectivity index (χ0n) is 12.3. The van der Waals surface area contributed by atoms with Crippen LogP contribution in [0.2, 0.25) is 0 Å². The van der Waals surface area contributed by atoms with E-state index < -0.39 is 10.8 Å². The highest BCUT2D eigenvalue weighted by molar-refractivity contribution is 5.91. The van der Waals surface area contributed by atoms with Crippen LogP contribution in [0.15, 0.2) is 41.1 Å². The van der Waals surface area contributed by atoms with Gasteiger partial charge in [-0.15, -0.1) is 0 Å². The number of hydrogen-bond donors (Lipinski definition) is 0. The molecule has 3 rings (SSSR count). The molecular weight excluding hydrogens is 302 g/mol. The second-order valence-corrected chi connectivity index (χ2v) is 5.21. The molecule has 0 bridgehead atoms. The second-order valence-electron chi connectivity index (χ2n) is 5.21. The van der Waals surface area contributed by atoms with E-state index >= 15 is 0 Å². The number of hydrogen-bond acceptors (Lipinski definition) is 6. The topological polar surface area (TPSA) is 98.7 Å². The molecule has 0 aliphatic carbocycles. The summed E-state index contributed by atoms with van der Waals surface area (Å²) in [5.74, 6) is -0.120. The number of carbonyl (C=O) groups is 1. The van der Waals surface area contributed by atoms with E-state index in [9.17, 15) is 14.9 Å². The van der Waals surface area contributed by atoms with Gasteiger partial charge in [0.05, 0.1) is 12.6 Å². The summed E-state index contributed by atoms with van der Waals surface area (Å²) >= 11 is 0. The number of ether oxygens (including phenoxy) is 1. The molecule has 0 aromatic carbocycles. The van der Waals surface area contributed by atoms with E-state index in [2.05, 4.69) is 4.98 Å². The summed E-state index contributed by atoms with van der Waals surface area (Å²) < 4.78 is 10.8. The molecule has 1 saturated heterocycles. The number of nitro groups is 1. The van der Waals surface area contributed by atoms with Crippen LogP contribution in [0, 0.1) is 10.1 Å². The maximum Gasteiger partial charge on any atom is 0.433 e. The molecule has 8 heteroatoms. The van der Waals surface area contributed by atoms with Crippen molar-refractivity contribution in [3.8, 4) is 5.75 Å². The van der Waals surface area contributed by atoms with Crippen LogP contribution < -0.4 is 4.74 Å². The maximum atomic E-state index is 12.4. The van der Waals surface area contributed by atoms with Gasteiger partial charge in [0.25, 0.3) is 5.91 Å². The van der Waals surface area contributed by atoms with Crippen LogP contribution in [0.4, 0.5) is 5.88 Å². The molecule has 2 aromatic rings. The molecule has 23 heavy (non-hydrogen) atoms. The lowest BCUT2D eigenvalue weighted by Gasteiger charge is -2.32. The summed E-state index contributed by atoms with van der Waals surface area (Å²) in [5, 5.41) is 10.6. The predicted molar refractivity (Wildman–Crippen MR) is 79.2 cm³/mol. The number of amides is 1. The Bertz CT molecular complexity index is 700. The first-order valence-electron chi connectivity index (χ1n) is 7.23. The molecule has 0 spiro atoms. The zero-order valence-corrected chi connectivity index (χ0v) is 12.3. The van der Waals surface area contributed by atoms with Crippen LogP contribution in [0.1, 0.15) is 23.4 Å². The molecule has 0 N–H and O–H groups in total. The molecule has 1 aliphatic rings. The minimum absolute atomic E-state index is 0.0266. The van der Waals surface area contributed by atoms with Gasteiger partial charge in [-0.05, 0) is 31.0 Å². The van der Waals surface area contributed by atoms with Gasteiger partial charge < -0.3 is 14.1 Å². The van der Waals surface area contributed by atoms with Crippen LogP contribution in [0.25, 0.3) is 0 Å². The fraction of sp³-hybridized carbons (Fsp3) is 0.333. The Morgan fingerprint density at radius 3 is 2.83 bits per heavy atom. The number of piperidine rings is 1. The molecule has 8 nitrogen and oxygen atoms in total. The number of aromatic nitrogens is 1. The first-order chi connectivity index (χ1) is 11.1. The van der Waals surface area contributed by atoms with Crippen molar-refractivity contribution in [3.63, 3.8) is 0 Å². The lowest BCUT2D eigenvalue weighted by Crippen LogP contribution is -2.44. The van der Waals surface area contributed by atoms with Crippen molar-refractivity contribution >= 4 is 11.8 Å². The fourth-order valence-corrected chi connectivity index (χ4v) is 2.52. The standard InChI is InChI=1S/C15H15N3O5/c19-15(13-3-4-14(23-13)18(20)21)17-9-1-2-12(10-17)22-11-5-7-16-8-6-11/h3-8,12H,1-2,9-10H2. The van der Waals surface area contributed by atoms with Gasteiger partial charge >= 0.3 is 5.88 Å². The first kappa shape index (κ1) is 15.0. The minimum atomic E-state index is -0.664. The molecule has 2 aromatic heterocycles. The van der Waals surface area contributed by atoms with Gasteiger partial charge in [-0.3, -0.25) is 19.9 Å². The third-order valence-electron chi connectivity index (χ3n) is 3.60. The number of pyridine rings is 1. The van der Waals surface area contributed by atoms with Crippen molar-refractivity contribution in [3.05, 3.63) is 52.5 Å². The number of carbonyl (C=O) groups excluding carboxylic acids is 1. The molecule has 1 atom stereocenters. The van der Waals surface area contributed by atoms with Gasteiger partial charge in [-0.1, -0.05) is 0 Å². The fourth-order valence-electron chi connectivity index (χ4n) is 2.52. The van der Waals surface area contributed by atoms with Crippen molar-refractivity contribution < 1.29 is 18.9 Å². The molecular formula is C15H15N3O5. The van der Waals surface area contributed by atoms with E-state index in [1.807, 2.05) is 0 Å². The van der Waals surface area contributed by atoms with E-state index in [0.29, 0.717) is 18.8 Å². The van der Waals surface area contributed by atoms with Crippen molar-refractivity contribution in [1.82, 2.24) is 9.88 Å². The Balaban J connectivity index is 1.65. The van der Waals surface area contributed by atoms with Gasteiger partial charge in [0.2, 0.25) is 0 Å². The molecule has 1 fully saturated rings. The summed E-state index contributed by atoms with van der Waals surface area (Å²) in [5.41, 5.74) is 0. The average Bonchev–Trinajstić information content (AvgIpc) is 3.06. The molecule has 120 valence electrons. The third kappa shape index (κ3) is 3.47. The normalized spacial score (nSPS) is 17.7. The monoisotopic (exact) mass is 317 g/mol. The van der Waals surface area contributed by atoms with E-state index in [-0.39, 0.29) is 17.8 Å². The molecule has 3 heterocycles. The molecule has 0 saturated carbocycles. The highest BCUT2D eigenvalue weighted by atomic mass is 16.6. The largest absolute Gasteiger partial charge is 0.488 e. The second kappa shape index (κ2) is 6.47. The van der Waals surface area contributed by atoms with Crippen molar-refractivity contribution in [1.29, 1.82) is 0 Å². The molecule has 0 radical (unpaired) electrons. The van der Waals surface area contributed by atoms with E-state index in [0.717, 1.165) is 12.8 Å². The van der Waals surface area contributed by atoms with Crippen LogP contribution in [0.3, 0.4) is 0 Å². The van der Waals surface area contributed by atoms with Crippen molar-refractivity contribution in [2.24, 2.45) is 0 Å². The summed E-state index contributed by atoms with van der Waals surface area (Å²) in [6, 6.07) is 6.03. The molecule has 1 amide bonds. The zero-order chi connectivity index (χ0) is 16.2. The van der Waals surface area contributed by atoms with E-state index in [1.54, 1.807) is 29.4 Å². The lowest BCUT2D eigenvalue weighted by atomic mass is 10.1. The van der Waals surface area contributed by atoms with Crippen molar-refractivity contribution in [2.45, 2.75) is 18.9 Å². The maximum absolute atomic E-state index is 12.4. The van der Waals surface area contributed by atoms with Gasteiger partial charge in [-0.25, -0.2) is 0 Å². The highest BCUT2D eigenvalue weighted by Gasteiger charge is 2.28. The number of furan rings is 1. The predicted octanol–water partition coefficient (Wildman–Crippen LogP) is 2.27. The minimum Gasteiger partial charge on any atom is -0.488 e. The van der Waals surface area contributed by atoms with E-state index in [4.69, 9.17) is 9.15 Å². The Kier molecular flexibility index (Phi) is 4.22. The Morgan fingerprint density at radius 2 is 2.13 bits per heavy atom. The van der Waals surface area contributed by atoms with E-state index in [1.165, 1.54) is 12.1 Å². The van der Waals surface area contributed by atoms with Gasteiger partial charge in [0, 0.05) is 18.9 Å². The van der Waals surface area contributed by atoms with Crippen LogP contribution in [-0.4, -0.2) is 39.9 Å². The van der Waals surface area contributed by atoms with Crippen LogP contribution in [0.5, 0.6) is 5.75 Å². The first-order valence-corrected chi connectivity index (χ1v) is 7.23. The van der Waals surface area contributed by atoms with Crippen molar-refractivity contribution in [2.75, 3.05) is 13.1 Å². The third-order valence-corrected chi connectivity index (χ3v) is 3.60. The van der Waals surface area contributed by atoms with Gasteiger partial charge in [0.1, 0.15) is 16.8 Å². The molecule has 1 aliphatic heterocycles. The lowest BCUT2D eigenvalue weighted by molar-refractivity contribution is -0.402. The Labute approximate surface area is 131 Å². The van der Waals surface area contributed by atoms with Gasteiger partial charge in [0.15, 0.2) is 5.76 Å². The summed E-state index contributed by atoms with van der Waals surface area (Å²) in [6.07, 6.45) is 4.79. The van der Waals surface area contributed by atoms with Crippen LogP contribution >= 0.6 is 0 Å². The van der Waals surface area contributed by atoms with Gasteiger partial charge in [-0.2, -0.15) is 0 Å². The quantitative estimate of drug-likeness (QED) is 0.633. The smallest absolute Gasteiger partial charge is 0.433 e.